The van der Waals surface area contributed by atoms with Gasteiger partial charge in [-0.25, -0.2) is 0 Å². The van der Waals surface area contributed by atoms with Crippen LogP contribution in [-0.2, 0) is 6.42 Å². The molecule has 4 rings (SSSR count). The lowest BCUT2D eigenvalue weighted by Crippen LogP contribution is -2.33. The summed E-state index contributed by atoms with van der Waals surface area (Å²) in [5.41, 5.74) is 9.35. The van der Waals surface area contributed by atoms with Crippen molar-refractivity contribution < 1.29 is 14.2 Å². The molecule has 23 heavy (non-hydrogen) atoms. The van der Waals surface area contributed by atoms with Crippen LogP contribution in [0.2, 0.25) is 0 Å². The lowest BCUT2D eigenvalue weighted by Gasteiger charge is -2.31. The Kier molecular flexibility index (Phi) is 3.61. The van der Waals surface area contributed by atoms with Crippen LogP contribution in [0, 0.1) is 0 Å². The molecule has 0 unspecified atom stereocenters. The van der Waals surface area contributed by atoms with E-state index in [1.54, 1.807) is 0 Å². The molecule has 0 atom stereocenters. The van der Waals surface area contributed by atoms with Crippen LogP contribution in [0.25, 0.3) is 0 Å². The van der Waals surface area contributed by atoms with E-state index >= 15 is 0 Å². The van der Waals surface area contributed by atoms with Crippen molar-refractivity contribution in [3.05, 3.63) is 42.0 Å². The molecule has 2 heterocycles. The molecule has 2 aliphatic heterocycles. The van der Waals surface area contributed by atoms with Crippen molar-refractivity contribution in [1.29, 1.82) is 0 Å². The molecule has 0 radical (unpaired) electrons. The minimum Gasteiger partial charge on any atom is -0.492 e. The highest BCUT2D eigenvalue weighted by atomic mass is 16.7. The van der Waals surface area contributed by atoms with E-state index in [4.69, 9.17) is 19.9 Å². The monoisotopic (exact) mass is 312 g/mol. The summed E-state index contributed by atoms with van der Waals surface area (Å²) in [6.45, 7) is 2.78. The Labute approximate surface area is 135 Å². The van der Waals surface area contributed by atoms with Gasteiger partial charge in [-0.15, -0.1) is 0 Å². The summed E-state index contributed by atoms with van der Waals surface area (Å²) in [7, 11) is 0. The van der Waals surface area contributed by atoms with E-state index in [-0.39, 0.29) is 6.79 Å². The molecule has 0 amide bonds. The lowest BCUT2D eigenvalue weighted by atomic mass is 10.0. The van der Waals surface area contributed by atoms with Crippen molar-refractivity contribution in [2.45, 2.75) is 12.8 Å². The van der Waals surface area contributed by atoms with Gasteiger partial charge >= 0.3 is 0 Å². The van der Waals surface area contributed by atoms with Gasteiger partial charge in [0.15, 0.2) is 11.5 Å². The van der Waals surface area contributed by atoms with Gasteiger partial charge in [-0.05, 0) is 42.7 Å². The fourth-order valence-corrected chi connectivity index (χ4v) is 3.14. The van der Waals surface area contributed by atoms with Crippen LogP contribution in [0.4, 0.5) is 11.4 Å². The molecule has 2 aliphatic rings. The standard InChI is InChI=1S/C18H20N2O3/c19-14-4-3-13-2-1-7-20(16(13)10-14)8-9-21-15-5-6-17-18(11-15)23-12-22-17/h3-6,10-11H,1-2,7-9,12,19H2. The summed E-state index contributed by atoms with van der Waals surface area (Å²) in [5.74, 6) is 2.33. The lowest BCUT2D eigenvalue weighted by molar-refractivity contribution is 0.173. The molecule has 5 heteroatoms. The zero-order valence-corrected chi connectivity index (χ0v) is 13.0. The van der Waals surface area contributed by atoms with E-state index in [2.05, 4.69) is 17.0 Å². The van der Waals surface area contributed by atoms with Gasteiger partial charge in [0, 0.05) is 24.0 Å². The predicted octanol–water partition coefficient (Wildman–Crippen LogP) is 2.83. The summed E-state index contributed by atoms with van der Waals surface area (Å²) in [4.78, 5) is 2.35. The van der Waals surface area contributed by atoms with E-state index in [0.29, 0.717) is 6.61 Å². The maximum atomic E-state index is 5.93. The summed E-state index contributed by atoms with van der Waals surface area (Å²) < 4.78 is 16.5. The molecule has 0 aliphatic carbocycles. The normalized spacial score (nSPS) is 15.4. The zero-order valence-electron chi connectivity index (χ0n) is 13.0. The third-order valence-corrected chi connectivity index (χ3v) is 4.30. The summed E-state index contributed by atoms with van der Waals surface area (Å²) in [5, 5.41) is 0. The maximum absolute atomic E-state index is 5.93. The van der Waals surface area contributed by atoms with Crippen molar-refractivity contribution >= 4 is 11.4 Å². The van der Waals surface area contributed by atoms with Gasteiger partial charge in [0.1, 0.15) is 12.4 Å². The summed E-state index contributed by atoms with van der Waals surface area (Å²) in [6.07, 6.45) is 2.29. The number of nitrogen functional groups attached to an aromatic ring is 1. The van der Waals surface area contributed by atoms with Crippen molar-refractivity contribution in [3.63, 3.8) is 0 Å². The smallest absolute Gasteiger partial charge is 0.231 e. The fraction of sp³-hybridized carbons (Fsp3) is 0.333. The fourth-order valence-electron chi connectivity index (χ4n) is 3.14. The molecule has 5 nitrogen and oxygen atoms in total. The Balaban J connectivity index is 1.40. The van der Waals surface area contributed by atoms with Gasteiger partial charge in [0.25, 0.3) is 0 Å². The number of hydrogen-bond donors (Lipinski definition) is 1. The SMILES string of the molecule is Nc1ccc2c(c1)N(CCOc1ccc3c(c1)OCO3)CCC2. The Morgan fingerprint density at radius 2 is 2.00 bits per heavy atom. The quantitative estimate of drug-likeness (QED) is 0.880. The third-order valence-electron chi connectivity index (χ3n) is 4.30. The van der Waals surface area contributed by atoms with Crippen LogP contribution >= 0.6 is 0 Å². The third kappa shape index (κ3) is 2.86. The van der Waals surface area contributed by atoms with Gasteiger partial charge in [0.05, 0.1) is 6.54 Å². The summed E-state index contributed by atoms with van der Waals surface area (Å²) >= 11 is 0. The van der Waals surface area contributed by atoms with Crippen LogP contribution in [-0.4, -0.2) is 26.5 Å². The zero-order chi connectivity index (χ0) is 15.6. The van der Waals surface area contributed by atoms with Crippen molar-refractivity contribution in [1.82, 2.24) is 0 Å². The number of fused-ring (bicyclic) bond motifs is 2. The number of rotatable bonds is 4. The van der Waals surface area contributed by atoms with Gasteiger partial charge < -0.3 is 24.8 Å². The first-order valence-corrected chi connectivity index (χ1v) is 7.95. The highest BCUT2D eigenvalue weighted by Gasteiger charge is 2.17. The van der Waals surface area contributed by atoms with Crippen molar-refractivity contribution in [2.24, 2.45) is 0 Å². The van der Waals surface area contributed by atoms with E-state index in [0.717, 1.165) is 42.4 Å². The molecule has 0 aromatic heterocycles. The predicted molar refractivity (Wildman–Crippen MR) is 89.4 cm³/mol. The molecule has 120 valence electrons. The molecule has 2 N–H and O–H groups in total. The highest BCUT2D eigenvalue weighted by molar-refractivity contribution is 5.62. The Morgan fingerprint density at radius 3 is 2.96 bits per heavy atom. The average Bonchev–Trinajstić information content (AvgIpc) is 3.03. The number of anilines is 2. The number of hydrogen-bond acceptors (Lipinski definition) is 5. The van der Waals surface area contributed by atoms with E-state index in [1.165, 1.54) is 17.7 Å². The van der Waals surface area contributed by atoms with Crippen LogP contribution in [0.1, 0.15) is 12.0 Å². The molecular weight excluding hydrogens is 292 g/mol. The number of nitrogens with two attached hydrogens (primary N) is 1. The molecule has 2 aromatic rings. The van der Waals surface area contributed by atoms with Gasteiger partial charge in [-0.3, -0.25) is 0 Å². The molecule has 0 saturated carbocycles. The van der Waals surface area contributed by atoms with Crippen LogP contribution in [0.5, 0.6) is 17.2 Å². The molecule has 0 bridgehead atoms. The minimum absolute atomic E-state index is 0.283. The van der Waals surface area contributed by atoms with E-state index < -0.39 is 0 Å². The van der Waals surface area contributed by atoms with Gasteiger partial charge in [-0.1, -0.05) is 6.07 Å². The Hall–Kier alpha value is -2.56. The number of nitrogens with zero attached hydrogens (tertiary/aromatic N) is 1. The first-order chi connectivity index (χ1) is 11.3. The van der Waals surface area contributed by atoms with Crippen LogP contribution < -0.4 is 24.8 Å². The molecule has 0 saturated heterocycles. The summed E-state index contributed by atoms with van der Waals surface area (Å²) in [6, 6.07) is 11.9. The molecular formula is C18H20N2O3. The number of benzene rings is 2. The van der Waals surface area contributed by atoms with E-state index in [1.807, 2.05) is 24.3 Å². The van der Waals surface area contributed by atoms with Gasteiger partial charge in [0.2, 0.25) is 6.79 Å². The maximum Gasteiger partial charge on any atom is 0.231 e. The minimum atomic E-state index is 0.283. The molecule has 0 fully saturated rings. The molecule has 0 spiro atoms. The first kappa shape index (κ1) is 14.1. The second kappa shape index (κ2) is 5.91. The first-order valence-electron chi connectivity index (χ1n) is 7.95. The Bertz CT molecular complexity index is 717. The van der Waals surface area contributed by atoms with Crippen LogP contribution in [0.3, 0.4) is 0 Å². The van der Waals surface area contributed by atoms with Crippen molar-refractivity contribution in [3.8, 4) is 17.2 Å². The topological polar surface area (TPSA) is 57.0 Å². The average molecular weight is 312 g/mol. The second-order valence-corrected chi connectivity index (χ2v) is 5.84. The largest absolute Gasteiger partial charge is 0.492 e. The van der Waals surface area contributed by atoms with E-state index in [9.17, 15) is 0 Å². The Morgan fingerprint density at radius 1 is 1.09 bits per heavy atom. The molecule has 2 aromatic carbocycles. The second-order valence-electron chi connectivity index (χ2n) is 5.84. The highest BCUT2D eigenvalue weighted by Crippen LogP contribution is 2.35. The number of aryl methyl sites for hydroxylation is 1. The van der Waals surface area contributed by atoms with Gasteiger partial charge in [-0.2, -0.15) is 0 Å². The van der Waals surface area contributed by atoms with Crippen molar-refractivity contribution in [2.75, 3.05) is 37.1 Å². The van der Waals surface area contributed by atoms with Crippen LogP contribution in [0.15, 0.2) is 36.4 Å². The number of ether oxygens (including phenoxy) is 3.